The van der Waals surface area contributed by atoms with Crippen molar-refractivity contribution in [3.05, 3.63) is 76.1 Å². The van der Waals surface area contributed by atoms with E-state index in [9.17, 15) is 4.79 Å². The molecule has 3 aromatic rings. The smallest absolute Gasteiger partial charge is 0.259 e. The van der Waals surface area contributed by atoms with Crippen LogP contribution in [0.1, 0.15) is 17.0 Å². The van der Waals surface area contributed by atoms with E-state index in [1.54, 1.807) is 10.8 Å². The summed E-state index contributed by atoms with van der Waals surface area (Å²) in [5.74, 6) is 1.57. The van der Waals surface area contributed by atoms with Crippen LogP contribution in [0.3, 0.4) is 0 Å². The topological polar surface area (TPSA) is 54.5 Å². The molecule has 1 aliphatic rings. The number of hydrogen-bond donors (Lipinski definition) is 0. The first-order valence-electron chi connectivity index (χ1n) is 8.29. The minimum Gasteiger partial charge on any atom is -0.468 e. The Bertz CT molecular complexity index is 932. The lowest BCUT2D eigenvalue weighted by molar-refractivity contribution is 0.176. The molecule has 6 nitrogen and oxygen atoms in total. The summed E-state index contributed by atoms with van der Waals surface area (Å²) in [6.45, 7) is 5.48. The van der Waals surface area contributed by atoms with Crippen molar-refractivity contribution in [2.45, 2.75) is 27.1 Å². The summed E-state index contributed by atoms with van der Waals surface area (Å²) in [7, 11) is 0. The van der Waals surface area contributed by atoms with Crippen LogP contribution in [0.15, 0.2) is 57.9 Å². The third-order valence-electron chi connectivity index (χ3n) is 4.57. The molecule has 4 rings (SSSR count). The molecule has 0 N–H and O–H groups in total. The maximum absolute atomic E-state index is 12.8. The lowest BCUT2D eigenvalue weighted by atomic mass is 10.2. The quantitative estimate of drug-likeness (QED) is 0.736. The van der Waals surface area contributed by atoms with Gasteiger partial charge in [0.15, 0.2) is 0 Å². The number of aryl methyl sites for hydroxylation is 1. The van der Waals surface area contributed by atoms with Crippen molar-refractivity contribution in [2.24, 2.45) is 0 Å². The third-order valence-corrected chi connectivity index (χ3v) is 4.57. The molecule has 0 aliphatic carbocycles. The first-order chi connectivity index (χ1) is 12.1. The molecule has 0 saturated carbocycles. The second-order valence-corrected chi connectivity index (χ2v) is 6.31. The summed E-state index contributed by atoms with van der Waals surface area (Å²) in [6, 6.07) is 13.8. The van der Waals surface area contributed by atoms with Gasteiger partial charge >= 0.3 is 0 Å². The molecule has 0 unspecified atom stereocenters. The van der Waals surface area contributed by atoms with Gasteiger partial charge in [0.05, 0.1) is 26.1 Å². The Morgan fingerprint density at radius 1 is 1.08 bits per heavy atom. The van der Waals surface area contributed by atoms with Gasteiger partial charge in [0.2, 0.25) is 5.95 Å². The minimum atomic E-state index is 0.00701. The summed E-state index contributed by atoms with van der Waals surface area (Å²) in [4.78, 5) is 21.7. The van der Waals surface area contributed by atoms with Crippen LogP contribution in [0.25, 0.3) is 0 Å². The number of anilines is 2. The van der Waals surface area contributed by atoms with E-state index in [2.05, 4.69) is 9.80 Å². The molecule has 1 aliphatic heterocycles. The SMILES string of the molecule is Cc1nc2n(c(=O)c1C)CN(Cc1ccco1)CN2c1ccccc1. The minimum absolute atomic E-state index is 0.00701. The molecule has 0 saturated heterocycles. The van der Waals surface area contributed by atoms with Crippen LogP contribution in [0.5, 0.6) is 0 Å². The highest BCUT2D eigenvalue weighted by atomic mass is 16.3. The Balaban J connectivity index is 1.79. The largest absolute Gasteiger partial charge is 0.468 e. The first-order valence-corrected chi connectivity index (χ1v) is 8.29. The zero-order chi connectivity index (χ0) is 17.4. The number of aromatic nitrogens is 2. The number of nitrogens with zero attached hydrogens (tertiary/aromatic N) is 4. The van der Waals surface area contributed by atoms with Crippen LogP contribution in [0, 0.1) is 13.8 Å². The highest BCUT2D eigenvalue weighted by molar-refractivity contribution is 5.58. The van der Waals surface area contributed by atoms with E-state index in [4.69, 9.17) is 9.40 Å². The van der Waals surface area contributed by atoms with Crippen LogP contribution in [-0.2, 0) is 13.2 Å². The lowest BCUT2D eigenvalue weighted by Gasteiger charge is -2.38. The Morgan fingerprint density at radius 2 is 1.88 bits per heavy atom. The predicted molar refractivity (Wildman–Crippen MR) is 95.7 cm³/mol. The standard InChI is InChI=1S/C19H20N4O2/c1-14-15(2)20-19-22(16-7-4-3-5-8-16)12-21(13-23(19)18(14)24)11-17-9-6-10-25-17/h3-10H,11-13H2,1-2H3. The fourth-order valence-corrected chi connectivity index (χ4v) is 3.11. The predicted octanol–water partition coefficient (Wildman–Crippen LogP) is 3.02. The normalized spacial score (nSPS) is 14.6. The van der Waals surface area contributed by atoms with Gasteiger partial charge in [-0.3, -0.25) is 19.2 Å². The van der Waals surface area contributed by atoms with Crippen molar-refractivity contribution in [1.82, 2.24) is 14.5 Å². The third kappa shape index (κ3) is 2.85. The van der Waals surface area contributed by atoms with Gasteiger partial charge in [-0.25, -0.2) is 4.98 Å². The van der Waals surface area contributed by atoms with Crippen molar-refractivity contribution < 1.29 is 4.42 Å². The van der Waals surface area contributed by atoms with Crippen LogP contribution in [0.4, 0.5) is 11.6 Å². The number of hydrogen-bond acceptors (Lipinski definition) is 5. The van der Waals surface area contributed by atoms with Gasteiger partial charge in [-0.1, -0.05) is 18.2 Å². The Kier molecular flexibility index (Phi) is 3.89. The molecule has 0 radical (unpaired) electrons. The molecule has 0 bridgehead atoms. The van der Waals surface area contributed by atoms with Crippen molar-refractivity contribution in [2.75, 3.05) is 11.6 Å². The maximum Gasteiger partial charge on any atom is 0.259 e. The lowest BCUT2D eigenvalue weighted by Crippen LogP contribution is -2.47. The van der Waals surface area contributed by atoms with E-state index in [1.807, 2.05) is 56.3 Å². The molecule has 3 heterocycles. The fraction of sp³-hybridized carbons (Fsp3) is 0.263. The van der Waals surface area contributed by atoms with Crippen LogP contribution < -0.4 is 10.5 Å². The van der Waals surface area contributed by atoms with Crippen molar-refractivity contribution in [1.29, 1.82) is 0 Å². The van der Waals surface area contributed by atoms with E-state index in [0.717, 1.165) is 17.1 Å². The Hall–Kier alpha value is -2.86. The zero-order valence-electron chi connectivity index (χ0n) is 14.3. The average Bonchev–Trinajstić information content (AvgIpc) is 3.14. The molecule has 25 heavy (non-hydrogen) atoms. The molecular weight excluding hydrogens is 316 g/mol. The maximum atomic E-state index is 12.8. The monoisotopic (exact) mass is 336 g/mol. The highest BCUT2D eigenvalue weighted by Gasteiger charge is 2.27. The molecule has 2 aromatic heterocycles. The van der Waals surface area contributed by atoms with E-state index in [0.29, 0.717) is 31.4 Å². The Labute approximate surface area is 145 Å². The van der Waals surface area contributed by atoms with Crippen molar-refractivity contribution in [3.63, 3.8) is 0 Å². The Morgan fingerprint density at radius 3 is 2.60 bits per heavy atom. The van der Waals surface area contributed by atoms with Crippen LogP contribution >= 0.6 is 0 Å². The molecule has 1 aromatic carbocycles. The van der Waals surface area contributed by atoms with Gasteiger partial charge in [-0.2, -0.15) is 0 Å². The van der Waals surface area contributed by atoms with Gasteiger partial charge in [0.25, 0.3) is 5.56 Å². The van der Waals surface area contributed by atoms with Crippen LogP contribution in [-0.4, -0.2) is 21.1 Å². The van der Waals surface area contributed by atoms with Crippen molar-refractivity contribution in [3.8, 4) is 0 Å². The highest BCUT2D eigenvalue weighted by Crippen LogP contribution is 2.27. The first kappa shape index (κ1) is 15.7. The van der Waals surface area contributed by atoms with E-state index in [1.165, 1.54) is 0 Å². The van der Waals surface area contributed by atoms with E-state index < -0.39 is 0 Å². The average molecular weight is 336 g/mol. The van der Waals surface area contributed by atoms with Gasteiger partial charge in [0, 0.05) is 16.9 Å². The number of fused-ring (bicyclic) bond motifs is 1. The van der Waals surface area contributed by atoms with E-state index >= 15 is 0 Å². The molecule has 6 heteroatoms. The summed E-state index contributed by atoms with van der Waals surface area (Å²) in [5.41, 5.74) is 2.48. The molecular formula is C19H20N4O2. The number of para-hydroxylation sites is 1. The second kappa shape index (κ2) is 6.22. The number of benzene rings is 1. The summed E-state index contributed by atoms with van der Waals surface area (Å²) in [5, 5.41) is 0. The van der Waals surface area contributed by atoms with Gasteiger partial charge in [-0.15, -0.1) is 0 Å². The fourth-order valence-electron chi connectivity index (χ4n) is 3.11. The van der Waals surface area contributed by atoms with E-state index in [-0.39, 0.29) is 5.56 Å². The molecule has 0 amide bonds. The van der Waals surface area contributed by atoms with Crippen LogP contribution in [0.2, 0.25) is 0 Å². The van der Waals surface area contributed by atoms with Gasteiger partial charge in [0.1, 0.15) is 5.76 Å². The van der Waals surface area contributed by atoms with Gasteiger partial charge in [-0.05, 0) is 38.1 Å². The zero-order valence-corrected chi connectivity index (χ0v) is 14.3. The second-order valence-electron chi connectivity index (χ2n) is 6.31. The number of rotatable bonds is 3. The number of furan rings is 1. The molecule has 0 atom stereocenters. The van der Waals surface area contributed by atoms with Gasteiger partial charge < -0.3 is 4.42 Å². The summed E-state index contributed by atoms with van der Waals surface area (Å²) >= 11 is 0. The molecule has 0 fully saturated rings. The molecule has 0 spiro atoms. The summed E-state index contributed by atoms with van der Waals surface area (Å²) in [6.07, 6.45) is 1.67. The van der Waals surface area contributed by atoms with Crippen molar-refractivity contribution >= 4 is 11.6 Å². The summed E-state index contributed by atoms with van der Waals surface area (Å²) < 4.78 is 7.21. The molecule has 128 valence electrons.